The number of carbonyl (C=O) groups is 1. The Morgan fingerprint density at radius 1 is 1.32 bits per heavy atom. The minimum Gasteiger partial charge on any atom is -0.496 e. The van der Waals surface area contributed by atoms with Crippen LogP contribution in [0.1, 0.15) is 34.1 Å². The number of hydrogen-bond donors (Lipinski definition) is 0. The summed E-state index contributed by atoms with van der Waals surface area (Å²) in [6.07, 6.45) is 1.71. The van der Waals surface area contributed by atoms with E-state index < -0.39 is 5.82 Å². The number of aromatic nitrogens is 1. The first-order chi connectivity index (χ1) is 10.4. The number of pyridine rings is 1. The van der Waals surface area contributed by atoms with Crippen molar-refractivity contribution in [2.24, 2.45) is 0 Å². The van der Waals surface area contributed by atoms with Gasteiger partial charge in [-0.3, -0.25) is 9.78 Å². The fourth-order valence-corrected chi connectivity index (χ4v) is 2.24. The van der Waals surface area contributed by atoms with Crippen molar-refractivity contribution in [3.8, 4) is 11.5 Å². The van der Waals surface area contributed by atoms with Gasteiger partial charge < -0.3 is 9.47 Å². The maximum absolute atomic E-state index is 13.7. The van der Waals surface area contributed by atoms with Crippen LogP contribution in [0, 0.1) is 19.7 Å². The summed E-state index contributed by atoms with van der Waals surface area (Å²) >= 11 is 0. The van der Waals surface area contributed by atoms with Crippen molar-refractivity contribution >= 4 is 5.78 Å². The molecule has 0 saturated carbocycles. The second-order valence-corrected chi connectivity index (χ2v) is 5.03. The molecule has 1 aromatic carbocycles. The predicted octanol–water partition coefficient (Wildman–Crippen LogP) is 3.63. The van der Waals surface area contributed by atoms with Crippen molar-refractivity contribution < 1.29 is 18.7 Å². The maximum atomic E-state index is 13.7. The first-order valence-electron chi connectivity index (χ1n) is 6.86. The minimum absolute atomic E-state index is 0.0543. The Balaban J connectivity index is 2.17. The van der Waals surface area contributed by atoms with Gasteiger partial charge >= 0.3 is 0 Å². The van der Waals surface area contributed by atoms with Gasteiger partial charge in [-0.25, -0.2) is 4.39 Å². The molecule has 1 aromatic heterocycles. The molecule has 0 fully saturated rings. The van der Waals surface area contributed by atoms with Gasteiger partial charge in [0.05, 0.1) is 18.4 Å². The van der Waals surface area contributed by atoms with Crippen LogP contribution in [0.3, 0.4) is 0 Å². The van der Waals surface area contributed by atoms with E-state index in [4.69, 9.17) is 9.47 Å². The van der Waals surface area contributed by atoms with Gasteiger partial charge in [-0.15, -0.1) is 0 Å². The average molecular weight is 303 g/mol. The quantitative estimate of drug-likeness (QED) is 0.791. The Labute approximate surface area is 128 Å². The molecule has 0 N–H and O–H groups in total. The van der Waals surface area contributed by atoms with Gasteiger partial charge in [-0.2, -0.15) is 0 Å². The third-order valence-electron chi connectivity index (χ3n) is 3.45. The van der Waals surface area contributed by atoms with E-state index in [0.717, 1.165) is 22.6 Å². The zero-order valence-electron chi connectivity index (χ0n) is 13.1. The third kappa shape index (κ3) is 3.24. The lowest BCUT2D eigenvalue weighted by Gasteiger charge is -2.13. The average Bonchev–Trinajstić information content (AvgIpc) is 2.46. The molecule has 0 aliphatic heterocycles. The van der Waals surface area contributed by atoms with Crippen LogP contribution in [-0.4, -0.2) is 17.9 Å². The number of nitrogens with zero attached hydrogens (tertiary/aromatic N) is 1. The molecule has 4 nitrogen and oxygen atoms in total. The molecular weight excluding hydrogens is 285 g/mol. The van der Waals surface area contributed by atoms with Crippen LogP contribution in [0.5, 0.6) is 11.5 Å². The number of aryl methyl sites for hydroxylation is 1. The highest BCUT2D eigenvalue weighted by molar-refractivity contribution is 5.94. The smallest absolute Gasteiger partial charge is 0.162 e. The van der Waals surface area contributed by atoms with E-state index in [9.17, 15) is 9.18 Å². The van der Waals surface area contributed by atoms with Gasteiger partial charge in [0, 0.05) is 23.4 Å². The number of benzene rings is 1. The highest BCUT2D eigenvalue weighted by Crippen LogP contribution is 2.25. The van der Waals surface area contributed by atoms with Gasteiger partial charge in [0.1, 0.15) is 23.9 Å². The van der Waals surface area contributed by atoms with Crippen LogP contribution >= 0.6 is 0 Å². The molecule has 0 aliphatic carbocycles. The molecule has 1 heterocycles. The number of ketones is 1. The Hall–Kier alpha value is -2.43. The molecule has 0 aliphatic rings. The molecule has 0 atom stereocenters. The lowest BCUT2D eigenvalue weighted by atomic mass is 10.1. The minimum atomic E-state index is -0.587. The van der Waals surface area contributed by atoms with Crippen LogP contribution in [0.4, 0.5) is 4.39 Å². The van der Waals surface area contributed by atoms with Gasteiger partial charge in [-0.1, -0.05) is 0 Å². The maximum Gasteiger partial charge on any atom is 0.162 e. The molecule has 0 spiro atoms. The van der Waals surface area contributed by atoms with Crippen molar-refractivity contribution in [3.05, 3.63) is 52.6 Å². The first-order valence-corrected chi connectivity index (χ1v) is 6.86. The molecule has 0 bridgehead atoms. The van der Waals surface area contributed by atoms with Crippen molar-refractivity contribution in [3.63, 3.8) is 0 Å². The monoisotopic (exact) mass is 303 g/mol. The highest BCUT2D eigenvalue weighted by Gasteiger charge is 2.12. The summed E-state index contributed by atoms with van der Waals surface area (Å²) in [5.41, 5.74) is 2.61. The molecule has 0 unspecified atom stereocenters. The molecule has 0 amide bonds. The van der Waals surface area contributed by atoms with E-state index in [2.05, 4.69) is 4.98 Å². The Morgan fingerprint density at radius 3 is 2.64 bits per heavy atom. The molecular formula is C17H18FNO3. The van der Waals surface area contributed by atoms with Crippen LogP contribution < -0.4 is 9.47 Å². The molecule has 2 aromatic rings. The molecule has 116 valence electrons. The number of Topliss-reactive ketones (excluding diaryl/α,β-unsaturated/α-hetero) is 1. The van der Waals surface area contributed by atoms with E-state index in [1.165, 1.54) is 19.1 Å². The Kier molecular flexibility index (Phi) is 4.75. The highest BCUT2D eigenvalue weighted by atomic mass is 19.1. The Morgan fingerprint density at radius 2 is 2.05 bits per heavy atom. The molecule has 5 heteroatoms. The van der Waals surface area contributed by atoms with Gasteiger partial charge in [0.15, 0.2) is 5.78 Å². The number of hydrogen-bond acceptors (Lipinski definition) is 4. The molecule has 22 heavy (non-hydrogen) atoms. The lowest BCUT2D eigenvalue weighted by Crippen LogP contribution is -2.05. The summed E-state index contributed by atoms with van der Waals surface area (Å²) in [4.78, 5) is 15.5. The van der Waals surface area contributed by atoms with Crippen LogP contribution in [0.15, 0.2) is 24.4 Å². The summed E-state index contributed by atoms with van der Waals surface area (Å²) in [5.74, 6) is 0.218. The fraction of sp³-hybridized carbons (Fsp3) is 0.294. The fourth-order valence-electron chi connectivity index (χ4n) is 2.24. The summed E-state index contributed by atoms with van der Waals surface area (Å²) in [5, 5.41) is 0. The first kappa shape index (κ1) is 15.9. The van der Waals surface area contributed by atoms with E-state index in [1.54, 1.807) is 19.4 Å². The summed E-state index contributed by atoms with van der Waals surface area (Å²) in [7, 11) is 1.61. The van der Waals surface area contributed by atoms with Gasteiger partial charge in [0.2, 0.25) is 0 Å². The zero-order valence-corrected chi connectivity index (χ0v) is 13.1. The van der Waals surface area contributed by atoms with Crippen LogP contribution in [0.2, 0.25) is 0 Å². The zero-order chi connectivity index (χ0) is 16.3. The number of methoxy groups -OCH3 is 1. The van der Waals surface area contributed by atoms with E-state index in [-0.39, 0.29) is 18.0 Å². The summed E-state index contributed by atoms with van der Waals surface area (Å²) in [6, 6.07) is 4.20. The van der Waals surface area contributed by atoms with Crippen molar-refractivity contribution in [1.82, 2.24) is 4.98 Å². The number of carbonyl (C=O) groups excluding carboxylic acids is 1. The Bertz CT molecular complexity index is 713. The lowest BCUT2D eigenvalue weighted by molar-refractivity contribution is 0.101. The molecule has 0 radical (unpaired) electrons. The molecule has 2 rings (SSSR count). The third-order valence-corrected chi connectivity index (χ3v) is 3.45. The van der Waals surface area contributed by atoms with E-state index in [0.29, 0.717) is 5.75 Å². The SMILES string of the molecule is COc1c(C)cnc(COc2ccc(C(C)=O)c(F)c2)c1C. The standard InChI is InChI=1S/C17H18FNO3/c1-10-8-19-16(11(2)17(10)21-4)9-22-13-5-6-14(12(3)20)15(18)7-13/h5-8H,9H2,1-4H3. The van der Waals surface area contributed by atoms with Crippen molar-refractivity contribution in [2.45, 2.75) is 27.4 Å². The van der Waals surface area contributed by atoms with Crippen molar-refractivity contribution in [2.75, 3.05) is 7.11 Å². The van der Waals surface area contributed by atoms with E-state index >= 15 is 0 Å². The number of rotatable bonds is 5. The van der Waals surface area contributed by atoms with Gasteiger partial charge in [0.25, 0.3) is 0 Å². The second-order valence-electron chi connectivity index (χ2n) is 5.03. The molecule has 0 saturated heterocycles. The summed E-state index contributed by atoms with van der Waals surface area (Å²) in [6.45, 7) is 5.34. The number of ether oxygens (including phenoxy) is 2. The van der Waals surface area contributed by atoms with Crippen LogP contribution in [0.25, 0.3) is 0 Å². The van der Waals surface area contributed by atoms with Crippen molar-refractivity contribution in [1.29, 1.82) is 0 Å². The normalized spacial score (nSPS) is 10.4. The largest absolute Gasteiger partial charge is 0.496 e. The second kappa shape index (κ2) is 6.56. The van der Waals surface area contributed by atoms with Crippen LogP contribution in [-0.2, 0) is 6.61 Å². The topological polar surface area (TPSA) is 48.4 Å². The van der Waals surface area contributed by atoms with Gasteiger partial charge in [-0.05, 0) is 32.9 Å². The number of halogens is 1. The predicted molar refractivity (Wildman–Crippen MR) is 81.0 cm³/mol. The summed E-state index contributed by atoms with van der Waals surface area (Å²) < 4.78 is 24.6. The van der Waals surface area contributed by atoms with E-state index in [1.807, 2.05) is 13.8 Å².